The van der Waals surface area contributed by atoms with Crippen LogP contribution in [0.4, 0.5) is 10.1 Å². The van der Waals surface area contributed by atoms with Crippen molar-refractivity contribution in [1.82, 2.24) is 0 Å². The van der Waals surface area contributed by atoms with Crippen LogP contribution < -0.4 is 5.32 Å². The topological polar surface area (TPSA) is 35.8 Å². The third-order valence-corrected chi connectivity index (χ3v) is 3.95. The number of rotatable bonds is 3. The molecule has 0 spiro atoms. The average molecular weight is 246 g/mol. The molecule has 1 fully saturated rings. The van der Waals surface area contributed by atoms with E-state index in [-0.39, 0.29) is 5.82 Å². The van der Waals surface area contributed by atoms with E-state index in [4.69, 9.17) is 5.26 Å². The van der Waals surface area contributed by atoms with Crippen LogP contribution in [0.25, 0.3) is 0 Å². The molecule has 0 aliphatic heterocycles. The number of nitriles is 1. The largest absolute Gasteiger partial charge is 0.384 e. The third-order valence-electron chi connectivity index (χ3n) is 3.95. The second-order valence-electron chi connectivity index (χ2n) is 5.20. The molecule has 0 bridgehead atoms. The lowest BCUT2D eigenvalue weighted by atomic mass is 9.80. The molecule has 1 aliphatic carbocycles. The maximum Gasteiger partial charge on any atom is 0.124 e. The molecule has 0 radical (unpaired) electrons. The summed E-state index contributed by atoms with van der Waals surface area (Å²) in [5.74, 6) is 1.04. The van der Waals surface area contributed by atoms with Crippen LogP contribution in [0.2, 0.25) is 0 Å². The zero-order valence-electron chi connectivity index (χ0n) is 10.7. The van der Waals surface area contributed by atoms with Crippen molar-refractivity contribution in [2.75, 3.05) is 11.9 Å². The van der Waals surface area contributed by atoms with Crippen LogP contribution >= 0.6 is 0 Å². The molecule has 1 N–H and O–H groups in total. The molecule has 0 aromatic heterocycles. The van der Waals surface area contributed by atoms with Gasteiger partial charge in [-0.2, -0.15) is 5.26 Å². The molecule has 18 heavy (non-hydrogen) atoms. The van der Waals surface area contributed by atoms with Crippen molar-refractivity contribution >= 4 is 5.69 Å². The van der Waals surface area contributed by atoms with E-state index in [1.54, 1.807) is 6.07 Å². The Hall–Kier alpha value is -1.56. The van der Waals surface area contributed by atoms with Gasteiger partial charge >= 0.3 is 0 Å². The lowest BCUT2D eigenvalue weighted by Crippen LogP contribution is -2.24. The van der Waals surface area contributed by atoms with Gasteiger partial charge in [-0.1, -0.05) is 26.2 Å². The Bertz CT molecular complexity index is 450. The van der Waals surface area contributed by atoms with Gasteiger partial charge in [0.25, 0.3) is 0 Å². The van der Waals surface area contributed by atoms with Crippen molar-refractivity contribution in [2.24, 2.45) is 11.8 Å². The lowest BCUT2D eigenvalue weighted by molar-refractivity contribution is 0.268. The van der Waals surface area contributed by atoms with E-state index >= 15 is 0 Å². The molecule has 2 unspecified atom stereocenters. The fraction of sp³-hybridized carbons (Fsp3) is 0.533. The summed E-state index contributed by atoms with van der Waals surface area (Å²) >= 11 is 0. The van der Waals surface area contributed by atoms with Gasteiger partial charge in [0.1, 0.15) is 11.9 Å². The first-order valence-electron chi connectivity index (χ1n) is 6.64. The molecule has 0 amide bonds. The number of anilines is 1. The molecule has 96 valence electrons. The number of nitrogens with zero attached hydrogens (tertiary/aromatic N) is 1. The highest BCUT2D eigenvalue weighted by Gasteiger charge is 2.21. The normalized spacial score (nSPS) is 23.4. The van der Waals surface area contributed by atoms with Crippen LogP contribution in [0.3, 0.4) is 0 Å². The van der Waals surface area contributed by atoms with Crippen molar-refractivity contribution in [1.29, 1.82) is 5.26 Å². The first-order valence-corrected chi connectivity index (χ1v) is 6.64. The molecule has 2 nitrogen and oxygen atoms in total. The van der Waals surface area contributed by atoms with Crippen molar-refractivity contribution in [3.8, 4) is 6.07 Å². The minimum atomic E-state index is -0.358. The fourth-order valence-electron chi connectivity index (χ4n) is 2.70. The van der Waals surface area contributed by atoms with Crippen LogP contribution in [-0.4, -0.2) is 6.54 Å². The van der Waals surface area contributed by atoms with Gasteiger partial charge in [-0.05, 0) is 36.5 Å². The summed E-state index contributed by atoms with van der Waals surface area (Å²) < 4.78 is 13.0. The van der Waals surface area contributed by atoms with Crippen LogP contribution in [0, 0.1) is 29.0 Å². The summed E-state index contributed by atoms with van der Waals surface area (Å²) in [4.78, 5) is 0. The first kappa shape index (κ1) is 12.9. The minimum absolute atomic E-state index is 0.358. The van der Waals surface area contributed by atoms with Crippen molar-refractivity contribution in [3.05, 3.63) is 29.6 Å². The molecular formula is C15H19FN2. The maximum atomic E-state index is 13.0. The van der Waals surface area contributed by atoms with Gasteiger partial charge in [0, 0.05) is 6.54 Å². The highest BCUT2D eigenvalue weighted by Crippen LogP contribution is 2.30. The summed E-state index contributed by atoms with van der Waals surface area (Å²) in [6, 6.07) is 6.37. The average Bonchev–Trinajstić information content (AvgIpc) is 2.39. The Balaban J connectivity index is 1.99. The van der Waals surface area contributed by atoms with E-state index in [1.807, 2.05) is 6.07 Å². The molecule has 1 aromatic rings. The van der Waals surface area contributed by atoms with E-state index in [9.17, 15) is 4.39 Å². The predicted octanol–water partition coefficient (Wildman–Crippen LogP) is 3.94. The predicted molar refractivity (Wildman–Crippen MR) is 70.7 cm³/mol. The molecule has 2 atom stereocenters. The Morgan fingerprint density at radius 2 is 2.17 bits per heavy atom. The highest BCUT2D eigenvalue weighted by molar-refractivity contribution is 5.57. The molecule has 1 aliphatic rings. The van der Waals surface area contributed by atoms with E-state index in [0.717, 1.165) is 18.2 Å². The summed E-state index contributed by atoms with van der Waals surface area (Å²) in [6.07, 6.45) is 5.17. The standard InChI is InChI=1S/C15H19FN2/c1-11-4-2-3-5-12(11)10-18-15-7-6-14(16)8-13(15)9-17/h6-8,11-12,18H,2-5,10H2,1H3. The van der Waals surface area contributed by atoms with E-state index in [1.165, 1.54) is 37.8 Å². The van der Waals surface area contributed by atoms with Gasteiger partial charge < -0.3 is 5.32 Å². The van der Waals surface area contributed by atoms with Gasteiger partial charge in [-0.25, -0.2) is 4.39 Å². The summed E-state index contributed by atoms with van der Waals surface area (Å²) in [5.41, 5.74) is 1.13. The molecule has 0 heterocycles. The lowest BCUT2D eigenvalue weighted by Gasteiger charge is -2.29. The van der Waals surface area contributed by atoms with Gasteiger partial charge in [0.15, 0.2) is 0 Å². The van der Waals surface area contributed by atoms with Gasteiger partial charge in [-0.15, -0.1) is 0 Å². The second-order valence-corrected chi connectivity index (χ2v) is 5.20. The van der Waals surface area contributed by atoms with Crippen molar-refractivity contribution in [2.45, 2.75) is 32.6 Å². The Morgan fingerprint density at radius 3 is 2.89 bits per heavy atom. The SMILES string of the molecule is CC1CCCCC1CNc1ccc(F)cc1C#N. The minimum Gasteiger partial charge on any atom is -0.384 e. The van der Waals surface area contributed by atoms with Crippen molar-refractivity contribution in [3.63, 3.8) is 0 Å². The molecule has 2 rings (SSSR count). The van der Waals surface area contributed by atoms with Crippen LogP contribution in [0.15, 0.2) is 18.2 Å². The zero-order valence-corrected chi connectivity index (χ0v) is 10.7. The highest BCUT2D eigenvalue weighted by atomic mass is 19.1. The first-order chi connectivity index (χ1) is 8.70. The summed E-state index contributed by atoms with van der Waals surface area (Å²) in [7, 11) is 0. The van der Waals surface area contributed by atoms with Gasteiger partial charge in [0.2, 0.25) is 0 Å². The molecule has 3 heteroatoms. The third kappa shape index (κ3) is 3.01. The number of hydrogen-bond donors (Lipinski definition) is 1. The smallest absolute Gasteiger partial charge is 0.124 e. The Kier molecular flexibility index (Phi) is 4.19. The second kappa shape index (κ2) is 5.86. The fourth-order valence-corrected chi connectivity index (χ4v) is 2.70. The summed E-state index contributed by atoms with van der Waals surface area (Å²) in [5, 5.41) is 12.3. The van der Waals surface area contributed by atoms with Crippen molar-refractivity contribution < 1.29 is 4.39 Å². The number of nitrogens with one attached hydrogen (secondary N) is 1. The molecule has 0 saturated heterocycles. The Labute approximate surface area is 108 Å². The van der Waals surface area contributed by atoms with Crippen LogP contribution in [-0.2, 0) is 0 Å². The van der Waals surface area contributed by atoms with E-state index < -0.39 is 0 Å². The summed E-state index contributed by atoms with van der Waals surface area (Å²) in [6.45, 7) is 3.17. The Morgan fingerprint density at radius 1 is 1.39 bits per heavy atom. The van der Waals surface area contributed by atoms with E-state index in [0.29, 0.717) is 11.5 Å². The number of hydrogen-bond acceptors (Lipinski definition) is 2. The maximum absolute atomic E-state index is 13.0. The number of benzene rings is 1. The molecule has 1 saturated carbocycles. The number of halogens is 1. The van der Waals surface area contributed by atoms with Gasteiger partial charge in [0.05, 0.1) is 11.3 Å². The van der Waals surface area contributed by atoms with E-state index in [2.05, 4.69) is 12.2 Å². The van der Waals surface area contributed by atoms with Crippen LogP contribution in [0.5, 0.6) is 0 Å². The molecular weight excluding hydrogens is 227 g/mol. The quantitative estimate of drug-likeness (QED) is 0.877. The monoisotopic (exact) mass is 246 g/mol. The molecule has 1 aromatic carbocycles. The van der Waals surface area contributed by atoms with Crippen LogP contribution in [0.1, 0.15) is 38.2 Å². The zero-order chi connectivity index (χ0) is 13.0. The van der Waals surface area contributed by atoms with Gasteiger partial charge in [-0.3, -0.25) is 0 Å².